The molecule has 3 N–H and O–H groups in total. The van der Waals surface area contributed by atoms with Crippen LogP contribution < -0.4 is 10.5 Å². The quantitative estimate of drug-likeness (QED) is 0.644. The van der Waals surface area contributed by atoms with E-state index in [9.17, 15) is 13.2 Å². The first-order valence-electron chi connectivity index (χ1n) is 5.92. The second kappa shape index (κ2) is 5.85. The molecule has 104 valence electrons. The number of nitrogen functional groups attached to an aromatic ring is 1. The van der Waals surface area contributed by atoms with Crippen molar-refractivity contribution in [2.75, 3.05) is 12.3 Å². The second-order valence-electron chi connectivity index (χ2n) is 4.18. The maximum Gasteiger partial charge on any atom is 0.240 e. The van der Waals surface area contributed by atoms with Crippen molar-refractivity contribution in [1.29, 1.82) is 0 Å². The molecule has 0 aliphatic carbocycles. The summed E-state index contributed by atoms with van der Waals surface area (Å²) in [7, 11) is -3.71. The highest BCUT2D eigenvalue weighted by atomic mass is 32.2. The lowest BCUT2D eigenvalue weighted by Gasteiger charge is -2.06. The van der Waals surface area contributed by atoms with E-state index < -0.39 is 10.0 Å². The monoisotopic (exact) mass is 290 g/mol. The fourth-order valence-corrected chi connectivity index (χ4v) is 2.60. The molecule has 0 bridgehead atoms. The fraction of sp³-hybridized carbons (Fsp3) is 0.0714. The Bertz CT molecular complexity index is 695. The van der Waals surface area contributed by atoms with Gasteiger partial charge in [0.2, 0.25) is 10.0 Å². The van der Waals surface area contributed by atoms with E-state index in [1.165, 1.54) is 24.3 Å². The minimum absolute atomic E-state index is 0.0764. The number of benzene rings is 2. The van der Waals surface area contributed by atoms with Gasteiger partial charge >= 0.3 is 0 Å². The van der Waals surface area contributed by atoms with Crippen molar-refractivity contribution < 1.29 is 13.2 Å². The van der Waals surface area contributed by atoms with Crippen LogP contribution in [0.15, 0.2) is 59.5 Å². The van der Waals surface area contributed by atoms with Gasteiger partial charge in [-0.15, -0.1) is 0 Å². The highest BCUT2D eigenvalue weighted by molar-refractivity contribution is 7.89. The highest BCUT2D eigenvalue weighted by Crippen LogP contribution is 2.11. The van der Waals surface area contributed by atoms with E-state index >= 15 is 0 Å². The Kier molecular flexibility index (Phi) is 4.16. The predicted molar refractivity (Wildman–Crippen MR) is 76.8 cm³/mol. The Hall–Kier alpha value is -2.18. The van der Waals surface area contributed by atoms with Gasteiger partial charge in [0.1, 0.15) is 0 Å². The van der Waals surface area contributed by atoms with E-state index in [2.05, 4.69) is 4.72 Å². The molecule has 0 aromatic heterocycles. The first kappa shape index (κ1) is 14.2. The Labute approximate surface area is 117 Å². The van der Waals surface area contributed by atoms with Crippen LogP contribution in [0.2, 0.25) is 0 Å². The molecule has 2 rings (SSSR count). The first-order valence-corrected chi connectivity index (χ1v) is 7.41. The number of carbonyl (C=O) groups is 1. The Morgan fingerprint density at radius 3 is 2.20 bits per heavy atom. The molecule has 0 radical (unpaired) electrons. The summed E-state index contributed by atoms with van der Waals surface area (Å²) in [6, 6.07) is 14.3. The number of hydrogen-bond donors (Lipinski definition) is 2. The van der Waals surface area contributed by atoms with Gasteiger partial charge in [0, 0.05) is 11.3 Å². The third-order valence-electron chi connectivity index (χ3n) is 2.71. The number of hydrogen-bond acceptors (Lipinski definition) is 4. The molecule has 0 aliphatic rings. The lowest BCUT2D eigenvalue weighted by Crippen LogP contribution is -2.29. The van der Waals surface area contributed by atoms with Crippen molar-refractivity contribution in [3.05, 3.63) is 60.2 Å². The van der Waals surface area contributed by atoms with Crippen molar-refractivity contribution in [3.63, 3.8) is 0 Å². The first-order chi connectivity index (χ1) is 9.49. The summed E-state index contributed by atoms with van der Waals surface area (Å²) in [5.74, 6) is -0.287. The zero-order valence-electron chi connectivity index (χ0n) is 10.6. The average Bonchev–Trinajstić information content (AvgIpc) is 2.46. The largest absolute Gasteiger partial charge is 0.399 e. The molecule has 2 aromatic carbocycles. The van der Waals surface area contributed by atoms with Crippen LogP contribution in [0.4, 0.5) is 5.69 Å². The highest BCUT2D eigenvalue weighted by Gasteiger charge is 2.15. The zero-order chi connectivity index (χ0) is 14.6. The summed E-state index contributed by atoms with van der Waals surface area (Å²) in [5, 5.41) is 0. The molecule has 0 fully saturated rings. The number of carbonyl (C=O) groups excluding carboxylic acids is 1. The van der Waals surface area contributed by atoms with Crippen molar-refractivity contribution in [1.82, 2.24) is 4.72 Å². The predicted octanol–water partition coefficient (Wildman–Crippen LogP) is 1.43. The molecular formula is C14H14N2O3S. The number of Topliss-reactive ketones (excluding diaryl/α,β-unsaturated/α-hetero) is 1. The van der Waals surface area contributed by atoms with Gasteiger partial charge in [0.05, 0.1) is 11.4 Å². The van der Waals surface area contributed by atoms with Crippen molar-refractivity contribution in [2.24, 2.45) is 0 Å². The van der Waals surface area contributed by atoms with E-state index in [1.807, 2.05) is 0 Å². The van der Waals surface area contributed by atoms with Crippen LogP contribution in [-0.2, 0) is 10.0 Å². The average molecular weight is 290 g/mol. The van der Waals surface area contributed by atoms with Crippen LogP contribution >= 0.6 is 0 Å². The van der Waals surface area contributed by atoms with Crippen molar-refractivity contribution in [3.8, 4) is 0 Å². The van der Waals surface area contributed by atoms with Gasteiger partial charge < -0.3 is 5.73 Å². The number of nitrogens with one attached hydrogen (secondary N) is 1. The van der Waals surface area contributed by atoms with E-state index in [-0.39, 0.29) is 17.2 Å². The zero-order valence-corrected chi connectivity index (χ0v) is 11.4. The maximum atomic E-state index is 12.0. The van der Waals surface area contributed by atoms with Crippen LogP contribution in [0.1, 0.15) is 10.4 Å². The summed E-state index contributed by atoms with van der Waals surface area (Å²) in [6.07, 6.45) is 0. The summed E-state index contributed by atoms with van der Waals surface area (Å²) in [4.78, 5) is 11.9. The van der Waals surface area contributed by atoms with Gasteiger partial charge in [-0.2, -0.15) is 0 Å². The molecule has 0 aliphatic heterocycles. The minimum Gasteiger partial charge on any atom is -0.399 e. The van der Waals surface area contributed by atoms with Gasteiger partial charge in [-0.3, -0.25) is 4.79 Å². The lowest BCUT2D eigenvalue weighted by atomic mass is 10.1. The Morgan fingerprint density at radius 1 is 1.00 bits per heavy atom. The summed E-state index contributed by atoms with van der Waals surface area (Å²) < 4.78 is 26.2. The summed E-state index contributed by atoms with van der Waals surface area (Å²) in [6.45, 7) is -0.281. The smallest absolute Gasteiger partial charge is 0.240 e. The van der Waals surface area contributed by atoms with E-state index in [0.29, 0.717) is 11.3 Å². The SMILES string of the molecule is Nc1ccc(S(=O)(=O)NCC(=O)c2ccccc2)cc1. The van der Waals surface area contributed by atoms with Crippen LogP contribution in [0.5, 0.6) is 0 Å². The molecule has 2 aromatic rings. The molecule has 20 heavy (non-hydrogen) atoms. The number of ketones is 1. The van der Waals surface area contributed by atoms with E-state index in [0.717, 1.165) is 0 Å². The number of sulfonamides is 1. The molecule has 6 heteroatoms. The van der Waals surface area contributed by atoms with Crippen LogP contribution in [0.3, 0.4) is 0 Å². The molecule has 0 saturated carbocycles. The standard InChI is InChI=1S/C14H14N2O3S/c15-12-6-8-13(9-7-12)20(18,19)16-10-14(17)11-4-2-1-3-5-11/h1-9,16H,10,15H2. The lowest BCUT2D eigenvalue weighted by molar-refractivity contribution is 0.0997. The third-order valence-corrected chi connectivity index (χ3v) is 4.13. The summed E-state index contributed by atoms with van der Waals surface area (Å²) >= 11 is 0. The number of anilines is 1. The maximum absolute atomic E-state index is 12.0. The minimum atomic E-state index is -3.71. The van der Waals surface area contributed by atoms with E-state index in [1.54, 1.807) is 30.3 Å². The summed E-state index contributed by atoms with van der Waals surface area (Å²) in [5.41, 5.74) is 6.44. The molecule has 0 heterocycles. The van der Waals surface area contributed by atoms with Gasteiger partial charge in [-0.1, -0.05) is 30.3 Å². The van der Waals surface area contributed by atoms with Gasteiger partial charge in [-0.05, 0) is 24.3 Å². The van der Waals surface area contributed by atoms with E-state index in [4.69, 9.17) is 5.73 Å². The second-order valence-corrected chi connectivity index (χ2v) is 5.95. The third kappa shape index (κ3) is 3.43. The fourth-order valence-electron chi connectivity index (χ4n) is 1.62. The van der Waals surface area contributed by atoms with Gasteiger partial charge in [0.25, 0.3) is 0 Å². The Balaban J connectivity index is 2.06. The molecule has 0 saturated heterocycles. The number of nitrogens with two attached hydrogens (primary N) is 1. The molecular weight excluding hydrogens is 276 g/mol. The normalized spacial score (nSPS) is 11.2. The Morgan fingerprint density at radius 2 is 1.60 bits per heavy atom. The topological polar surface area (TPSA) is 89.3 Å². The van der Waals surface area contributed by atoms with Crippen LogP contribution in [0, 0.1) is 0 Å². The van der Waals surface area contributed by atoms with Gasteiger partial charge in [0.15, 0.2) is 5.78 Å². The molecule has 0 atom stereocenters. The number of rotatable bonds is 5. The molecule has 5 nitrogen and oxygen atoms in total. The molecule has 0 unspecified atom stereocenters. The van der Waals surface area contributed by atoms with Gasteiger partial charge in [-0.25, -0.2) is 13.1 Å². The van der Waals surface area contributed by atoms with Crippen molar-refractivity contribution in [2.45, 2.75) is 4.90 Å². The molecule has 0 amide bonds. The molecule has 0 spiro atoms. The van der Waals surface area contributed by atoms with Crippen LogP contribution in [0.25, 0.3) is 0 Å². The van der Waals surface area contributed by atoms with Crippen LogP contribution in [-0.4, -0.2) is 20.7 Å². The van der Waals surface area contributed by atoms with Crippen molar-refractivity contribution >= 4 is 21.5 Å².